The van der Waals surface area contributed by atoms with Crippen LogP contribution >= 0.6 is 11.8 Å². The highest BCUT2D eigenvalue weighted by atomic mass is 32.2. The number of carbonyl (C=O) groups is 4. The van der Waals surface area contributed by atoms with Crippen molar-refractivity contribution < 1.29 is 39.0 Å². The summed E-state index contributed by atoms with van der Waals surface area (Å²) in [5, 5.41) is 28.3. The summed E-state index contributed by atoms with van der Waals surface area (Å²) in [6.07, 6.45) is 6.18. The molecule has 0 spiro atoms. The molecular formula is C29H38N4O8S. The highest BCUT2D eigenvalue weighted by molar-refractivity contribution is 8.00. The van der Waals surface area contributed by atoms with E-state index in [0.717, 1.165) is 43.4 Å². The Morgan fingerprint density at radius 2 is 1.64 bits per heavy atom. The molecule has 13 heteroatoms. The normalized spacial score (nSPS) is 19.0. The van der Waals surface area contributed by atoms with Crippen LogP contribution < -0.4 is 25.5 Å². The smallest absolute Gasteiger partial charge is 0.333 e. The molecule has 2 aliphatic rings. The molecule has 1 aromatic carbocycles. The van der Waals surface area contributed by atoms with Crippen molar-refractivity contribution in [1.82, 2.24) is 20.7 Å². The Kier molecular flexibility index (Phi) is 11.4. The molecule has 3 amide bonds. The minimum Gasteiger partial charge on any atom is -0.492 e. The summed E-state index contributed by atoms with van der Waals surface area (Å²) in [6, 6.07) is 9.58. The number of aryl methyl sites for hydroxylation is 1. The number of aromatic hydroxyl groups is 2. The maximum absolute atomic E-state index is 12.2. The molecule has 2 aromatic rings. The van der Waals surface area contributed by atoms with E-state index in [0.29, 0.717) is 41.5 Å². The number of unbranched alkanes of at least 4 members (excludes halogenated alkanes) is 3. The summed E-state index contributed by atoms with van der Waals surface area (Å²) in [5.74, 6) is -0.319. The van der Waals surface area contributed by atoms with Crippen LogP contribution in [0.2, 0.25) is 0 Å². The number of aromatic nitrogens is 1. The minimum absolute atomic E-state index is 0.0249. The van der Waals surface area contributed by atoms with Crippen LogP contribution in [0.5, 0.6) is 17.5 Å². The van der Waals surface area contributed by atoms with Gasteiger partial charge in [0.15, 0.2) is 0 Å². The third-order valence-corrected chi connectivity index (χ3v) is 8.73. The molecule has 2 fully saturated rings. The van der Waals surface area contributed by atoms with Crippen molar-refractivity contribution in [1.29, 1.82) is 0 Å². The Morgan fingerprint density at radius 1 is 0.905 bits per heavy atom. The third-order valence-electron chi connectivity index (χ3n) is 7.22. The van der Waals surface area contributed by atoms with Crippen LogP contribution in [0.1, 0.15) is 63.4 Å². The molecule has 3 heterocycles. The number of esters is 1. The van der Waals surface area contributed by atoms with E-state index >= 15 is 0 Å². The predicted octanol–water partition coefficient (Wildman–Crippen LogP) is 2.80. The first-order chi connectivity index (χ1) is 20.3. The van der Waals surface area contributed by atoms with Crippen LogP contribution in [0.3, 0.4) is 0 Å². The maximum atomic E-state index is 12.2. The minimum atomic E-state index is -0.626. The van der Waals surface area contributed by atoms with Gasteiger partial charge in [0.1, 0.15) is 5.75 Å². The number of hydrogen-bond acceptors (Lipinski definition) is 9. The van der Waals surface area contributed by atoms with Gasteiger partial charge in [-0.3, -0.25) is 9.59 Å². The maximum Gasteiger partial charge on any atom is 0.333 e. The van der Waals surface area contributed by atoms with Gasteiger partial charge in [0, 0.05) is 42.5 Å². The number of fused-ring (bicyclic) bond motifs is 1. The Balaban J connectivity index is 0.991. The molecule has 3 atom stereocenters. The van der Waals surface area contributed by atoms with Crippen molar-refractivity contribution in [2.75, 3.05) is 12.3 Å². The van der Waals surface area contributed by atoms with Crippen molar-refractivity contribution in [3.8, 4) is 17.5 Å². The van der Waals surface area contributed by atoms with Gasteiger partial charge >= 0.3 is 18.0 Å². The first kappa shape index (κ1) is 31.1. The van der Waals surface area contributed by atoms with Gasteiger partial charge in [-0.25, -0.2) is 9.59 Å². The summed E-state index contributed by atoms with van der Waals surface area (Å²) in [6.45, 7) is 0.580. The Bertz CT molecular complexity index is 1220. The molecule has 0 bridgehead atoms. The molecule has 5 N–H and O–H groups in total. The monoisotopic (exact) mass is 602 g/mol. The second kappa shape index (κ2) is 15.4. The van der Waals surface area contributed by atoms with Crippen LogP contribution in [-0.2, 0) is 20.8 Å². The van der Waals surface area contributed by atoms with E-state index in [1.165, 1.54) is 12.1 Å². The first-order valence-electron chi connectivity index (χ1n) is 14.3. The van der Waals surface area contributed by atoms with Crippen molar-refractivity contribution >= 4 is 35.6 Å². The Labute approximate surface area is 248 Å². The average molecular weight is 603 g/mol. The number of hydrogen-bond donors (Lipinski definition) is 5. The summed E-state index contributed by atoms with van der Waals surface area (Å²) in [7, 11) is 0. The van der Waals surface area contributed by atoms with Gasteiger partial charge in [0.05, 0.1) is 18.5 Å². The largest absolute Gasteiger partial charge is 0.492 e. The van der Waals surface area contributed by atoms with E-state index in [-0.39, 0.29) is 54.6 Å². The van der Waals surface area contributed by atoms with Crippen LogP contribution in [0.4, 0.5) is 4.79 Å². The van der Waals surface area contributed by atoms with Crippen LogP contribution in [-0.4, -0.2) is 68.5 Å². The molecule has 228 valence electrons. The summed E-state index contributed by atoms with van der Waals surface area (Å²) < 4.78 is 6.02. The third kappa shape index (κ3) is 9.33. The van der Waals surface area contributed by atoms with E-state index in [1.54, 1.807) is 24.3 Å². The fourth-order valence-electron chi connectivity index (χ4n) is 4.96. The summed E-state index contributed by atoms with van der Waals surface area (Å²) >= 11 is 1.89. The van der Waals surface area contributed by atoms with Gasteiger partial charge in [-0.2, -0.15) is 11.8 Å². The fourth-order valence-corrected chi connectivity index (χ4v) is 6.50. The summed E-state index contributed by atoms with van der Waals surface area (Å²) in [4.78, 5) is 52.6. The molecule has 4 rings (SSSR count). The quantitative estimate of drug-likeness (QED) is 0.0840. The van der Waals surface area contributed by atoms with Crippen LogP contribution in [0, 0.1) is 0 Å². The van der Waals surface area contributed by atoms with Crippen LogP contribution in [0.25, 0.3) is 0 Å². The zero-order valence-electron chi connectivity index (χ0n) is 23.4. The second-order valence-corrected chi connectivity index (χ2v) is 11.7. The van der Waals surface area contributed by atoms with Gasteiger partial charge in [-0.1, -0.05) is 25.0 Å². The van der Waals surface area contributed by atoms with E-state index in [4.69, 9.17) is 9.57 Å². The molecule has 0 unspecified atom stereocenters. The van der Waals surface area contributed by atoms with E-state index < -0.39 is 5.97 Å². The first-order valence-corrected chi connectivity index (χ1v) is 15.4. The number of urea groups is 1. The zero-order valence-corrected chi connectivity index (χ0v) is 24.2. The zero-order chi connectivity index (χ0) is 29.9. The van der Waals surface area contributed by atoms with E-state index in [1.807, 2.05) is 11.8 Å². The molecule has 42 heavy (non-hydrogen) atoms. The summed E-state index contributed by atoms with van der Waals surface area (Å²) in [5.41, 5.74) is 0.831. The lowest BCUT2D eigenvalue weighted by Gasteiger charge is -2.16. The number of benzene rings is 1. The highest BCUT2D eigenvalue weighted by Gasteiger charge is 2.42. The van der Waals surface area contributed by atoms with Gasteiger partial charge < -0.3 is 35.7 Å². The van der Waals surface area contributed by atoms with Crippen molar-refractivity contribution in [3.05, 3.63) is 42.0 Å². The van der Waals surface area contributed by atoms with Crippen LogP contribution in [0.15, 0.2) is 36.4 Å². The standard InChI is InChI=1S/C29H38N4O8S/c34-23(7-4-3-6-22-28-21(18-42-22)31-29(39)32-28)30-17-5-1-2-8-26(37)40-20-12-9-19(10-13-20)11-16-27(38)41-33-24(35)14-15-25(33)36/h9-10,12-15,21-22,28,35-36H,1-8,11,16-18H2,(H,30,34)(H2,31,32,39)/t21-,22-,28-/m0/s1. The SMILES string of the molecule is O=C(CCCC[C@@H]1SC[C@@H]2NC(=O)N[C@@H]21)NCCCCCC(=O)Oc1ccc(CCC(=O)On2c(O)ccc2O)cc1. The fraction of sp³-hybridized carbons (Fsp3) is 0.517. The molecule has 12 nitrogen and oxygen atoms in total. The van der Waals surface area contributed by atoms with Crippen molar-refractivity contribution in [3.63, 3.8) is 0 Å². The predicted molar refractivity (Wildman–Crippen MR) is 155 cm³/mol. The van der Waals surface area contributed by atoms with Gasteiger partial charge in [-0.15, -0.1) is 4.73 Å². The van der Waals surface area contributed by atoms with Crippen molar-refractivity contribution in [2.24, 2.45) is 0 Å². The number of nitrogens with zero attached hydrogens (tertiary/aromatic N) is 1. The van der Waals surface area contributed by atoms with E-state index in [9.17, 15) is 29.4 Å². The second-order valence-electron chi connectivity index (χ2n) is 10.5. The van der Waals surface area contributed by atoms with Gasteiger partial charge in [0.25, 0.3) is 0 Å². The number of nitrogens with one attached hydrogen (secondary N) is 3. The molecule has 0 saturated carbocycles. The molecule has 2 saturated heterocycles. The highest BCUT2D eigenvalue weighted by Crippen LogP contribution is 2.33. The number of amides is 3. The molecule has 1 aromatic heterocycles. The Hall–Kier alpha value is -3.87. The lowest BCUT2D eigenvalue weighted by molar-refractivity contribution is -0.145. The lowest BCUT2D eigenvalue weighted by Crippen LogP contribution is -2.36. The number of thioether (sulfide) groups is 1. The van der Waals surface area contributed by atoms with Gasteiger partial charge in [-0.05, 0) is 49.8 Å². The van der Waals surface area contributed by atoms with E-state index in [2.05, 4.69) is 16.0 Å². The van der Waals surface area contributed by atoms with Gasteiger partial charge in [0.2, 0.25) is 17.7 Å². The molecule has 0 aliphatic carbocycles. The average Bonchev–Trinajstić information content (AvgIpc) is 3.62. The number of ether oxygens (including phenoxy) is 1. The topological polar surface area (TPSA) is 168 Å². The number of rotatable bonds is 16. The van der Waals surface area contributed by atoms with Crippen molar-refractivity contribution in [2.45, 2.75) is 81.5 Å². The lowest BCUT2D eigenvalue weighted by atomic mass is 10.0. The molecule has 0 radical (unpaired) electrons. The molecular weight excluding hydrogens is 564 g/mol. The Morgan fingerprint density at radius 3 is 2.40 bits per heavy atom. The number of carbonyl (C=O) groups excluding carboxylic acids is 4. The molecule has 2 aliphatic heterocycles.